The molecule has 0 heterocycles. The standard InChI is InChI=1S/C20H30N2O5/c1-5-26-20(25)22-17-11-9-16(10-12-17)19(24)27-13-18(23)21-15(4)8-6-7-14(2)3/h9-12,14-15H,5-8,13H2,1-4H3,(H,21,23)(H,22,25). The molecule has 1 aromatic carbocycles. The van der Waals surface area contributed by atoms with Crippen LogP contribution < -0.4 is 10.6 Å². The summed E-state index contributed by atoms with van der Waals surface area (Å²) in [6.45, 7) is 7.94. The van der Waals surface area contributed by atoms with Gasteiger partial charge in [0.1, 0.15) is 0 Å². The molecule has 7 heteroatoms. The zero-order valence-electron chi connectivity index (χ0n) is 16.5. The van der Waals surface area contributed by atoms with Crippen molar-refractivity contribution in [2.75, 3.05) is 18.5 Å². The molecule has 0 fully saturated rings. The van der Waals surface area contributed by atoms with E-state index in [1.165, 1.54) is 12.1 Å². The van der Waals surface area contributed by atoms with Gasteiger partial charge in [-0.15, -0.1) is 0 Å². The molecule has 0 bridgehead atoms. The molecule has 7 nitrogen and oxygen atoms in total. The van der Waals surface area contributed by atoms with Crippen LogP contribution >= 0.6 is 0 Å². The van der Waals surface area contributed by atoms with Crippen LogP contribution in [-0.4, -0.2) is 37.2 Å². The molecule has 1 atom stereocenters. The Morgan fingerprint density at radius 2 is 1.67 bits per heavy atom. The summed E-state index contributed by atoms with van der Waals surface area (Å²) >= 11 is 0. The zero-order valence-corrected chi connectivity index (χ0v) is 16.5. The summed E-state index contributed by atoms with van der Waals surface area (Å²) < 4.78 is 9.80. The number of esters is 1. The third-order valence-electron chi connectivity index (χ3n) is 3.80. The van der Waals surface area contributed by atoms with E-state index in [-0.39, 0.29) is 25.2 Å². The van der Waals surface area contributed by atoms with Gasteiger partial charge in [-0.3, -0.25) is 10.1 Å². The molecule has 0 aromatic heterocycles. The molecule has 2 amide bonds. The van der Waals surface area contributed by atoms with Crippen LogP contribution in [0.4, 0.5) is 10.5 Å². The van der Waals surface area contributed by atoms with Crippen molar-refractivity contribution < 1.29 is 23.9 Å². The first-order chi connectivity index (χ1) is 12.8. The maximum absolute atomic E-state index is 12.0. The minimum atomic E-state index is -0.597. The van der Waals surface area contributed by atoms with Gasteiger partial charge in [-0.1, -0.05) is 26.7 Å². The highest BCUT2D eigenvalue weighted by molar-refractivity contribution is 5.92. The van der Waals surface area contributed by atoms with Crippen molar-refractivity contribution in [3.8, 4) is 0 Å². The number of hydrogen-bond donors (Lipinski definition) is 2. The van der Waals surface area contributed by atoms with Gasteiger partial charge in [-0.2, -0.15) is 0 Å². The maximum Gasteiger partial charge on any atom is 0.411 e. The number of amides is 2. The number of nitrogens with one attached hydrogen (secondary N) is 2. The lowest BCUT2D eigenvalue weighted by molar-refractivity contribution is -0.124. The van der Waals surface area contributed by atoms with Gasteiger partial charge in [-0.05, 0) is 50.5 Å². The SMILES string of the molecule is CCOC(=O)Nc1ccc(C(=O)OCC(=O)NC(C)CCCC(C)C)cc1. The minimum absolute atomic E-state index is 0.0446. The number of carbonyl (C=O) groups is 3. The van der Waals surface area contributed by atoms with Crippen molar-refractivity contribution in [3.63, 3.8) is 0 Å². The van der Waals surface area contributed by atoms with E-state index in [2.05, 4.69) is 24.5 Å². The Balaban J connectivity index is 2.36. The molecule has 0 saturated carbocycles. The summed E-state index contributed by atoms with van der Waals surface area (Å²) in [4.78, 5) is 35.2. The first-order valence-corrected chi connectivity index (χ1v) is 9.32. The summed E-state index contributed by atoms with van der Waals surface area (Å²) in [6.07, 6.45) is 2.50. The molecule has 0 aliphatic heterocycles. The second-order valence-electron chi connectivity index (χ2n) is 6.79. The predicted molar refractivity (Wildman–Crippen MR) is 104 cm³/mol. The molecule has 1 aromatic rings. The third kappa shape index (κ3) is 9.63. The molecule has 0 saturated heterocycles. The van der Waals surface area contributed by atoms with Crippen LogP contribution in [0.25, 0.3) is 0 Å². The highest BCUT2D eigenvalue weighted by atomic mass is 16.5. The van der Waals surface area contributed by atoms with Gasteiger partial charge < -0.3 is 14.8 Å². The van der Waals surface area contributed by atoms with E-state index < -0.39 is 12.1 Å². The number of anilines is 1. The molecular formula is C20H30N2O5. The van der Waals surface area contributed by atoms with Gasteiger partial charge in [0.2, 0.25) is 0 Å². The van der Waals surface area contributed by atoms with E-state index >= 15 is 0 Å². The lowest BCUT2D eigenvalue weighted by atomic mass is 10.0. The Kier molecular flexibility index (Phi) is 9.93. The molecular weight excluding hydrogens is 348 g/mol. The van der Waals surface area contributed by atoms with Crippen LogP contribution in [0, 0.1) is 5.92 Å². The van der Waals surface area contributed by atoms with E-state index in [4.69, 9.17) is 9.47 Å². The Hall–Kier alpha value is -2.57. The van der Waals surface area contributed by atoms with Crippen molar-refractivity contribution in [2.24, 2.45) is 5.92 Å². The lowest BCUT2D eigenvalue weighted by Gasteiger charge is -2.14. The van der Waals surface area contributed by atoms with Crippen LogP contribution in [0.3, 0.4) is 0 Å². The highest BCUT2D eigenvalue weighted by Gasteiger charge is 2.12. The van der Waals surface area contributed by atoms with E-state index in [1.807, 2.05) is 6.92 Å². The van der Waals surface area contributed by atoms with Crippen LogP contribution in [0.2, 0.25) is 0 Å². The average molecular weight is 378 g/mol. The maximum atomic E-state index is 12.0. The number of carbonyl (C=O) groups excluding carboxylic acids is 3. The summed E-state index contributed by atoms with van der Waals surface area (Å²) in [5.41, 5.74) is 0.792. The largest absolute Gasteiger partial charge is 0.452 e. The quantitative estimate of drug-likeness (QED) is 0.605. The van der Waals surface area contributed by atoms with Crippen LogP contribution in [0.15, 0.2) is 24.3 Å². The fourth-order valence-electron chi connectivity index (χ4n) is 2.41. The van der Waals surface area contributed by atoms with Crippen molar-refractivity contribution in [2.45, 2.75) is 53.0 Å². The minimum Gasteiger partial charge on any atom is -0.452 e. The Morgan fingerprint density at radius 3 is 2.26 bits per heavy atom. The molecule has 1 unspecified atom stereocenters. The summed E-state index contributed by atoms with van der Waals surface area (Å²) in [6, 6.07) is 6.18. The van der Waals surface area contributed by atoms with Crippen LogP contribution in [0.1, 0.15) is 57.3 Å². The summed E-state index contributed by atoms with van der Waals surface area (Å²) in [7, 11) is 0. The molecule has 1 rings (SSSR count). The summed E-state index contributed by atoms with van der Waals surface area (Å²) in [5, 5.41) is 5.35. The van der Waals surface area contributed by atoms with E-state index in [9.17, 15) is 14.4 Å². The molecule has 0 aliphatic rings. The topological polar surface area (TPSA) is 93.7 Å². The fourth-order valence-corrected chi connectivity index (χ4v) is 2.41. The first kappa shape index (κ1) is 22.5. The zero-order chi connectivity index (χ0) is 20.2. The molecule has 0 spiro atoms. The van der Waals surface area contributed by atoms with Crippen LogP contribution in [-0.2, 0) is 14.3 Å². The predicted octanol–water partition coefficient (Wildman–Crippen LogP) is 3.74. The normalized spacial score (nSPS) is 11.6. The van der Waals surface area contributed by atoms with Gasteiger partial charge in [0.25, 0.3) is 5.91 Å². The molecule has 0 aliphatic carbocycles. The van der Waals surface area contributed by atoms with Crippen molar-refractivity contribution >= 4 is 23.7 Å². The Labute approximate surface area is 160 Å². The lowest BCUT2D eigenvalue weighted by Crippen LogP contribution is -2.35. The number of rotatable bonds is 10. The number of ether oxygens (including phenoxy) is 2. The Morgan fingerprint density at radius 1 is 1.00 bits per heavy atom. The molecule has 0 radical (unpaired) electrons. The van der Waals surface area contributed by atoms with Gasteiger partial charge in [0.15, 0.2) is 6.61 Å². The van der Waals surface area contributed by atoms with E-state index in [1.54, 1.807) is 19.1 Å². The molecule has 2 N–H and O–H groups in total. The second-order valence-corrected chi connectivity index (χ2v) is 6.79. The third-order valence-corrected chi connectivity index (χ3v) is 3.80. The average Bonchev–Trinajstić information content (AvgIpc) is 2.60. The number of benzene rings is 1. The smallest absolute Gasteiger partial charge is 0.411 e. The fraction of sp³-hybridized carbons (Fsp3) is 0.550. The monoisotopic (exact) mass is 378 g/mol. The van der Waals surface area contributed by atoms with Gasteiger partial charge in [0, 0.05) is 11.7 Å². The van der Waals surface area contributed by atoms with Crippen LogP contribution in [0.5, 0.6) is 0 Å². The van der Waals surface area contributed by atoms with Gasteiger partial charge >= 0.3 is 12.1 Å². The summed E-state index contributed by atoms with van der Waals surface area (Å²) in [5.74, 6) is -0.269. The van der Waals surface area contributed by atoms with E-state index in [0.29, 0.717) is 17.2 Å². The van der Waals surface area contributed by atoms with Crippen molar-refractivity contribution in [1.29, 1.82) is 0 Å². The molecule has 27 heavy (non-hydrogen) atoms. The Bertz CT molecular complexity index is 613. The van der Waals surface area contributed by atoms with Crippen molar-refractivity contribution in [1.82, 2.24) is 5.32 Å². The van der Waals surface area contributed by atoms with Gasteiger partial charge in [-0.25, -0.2) is 9.59 Å². The van der Waals surface area contributed by atoms with Crippen molar-refractivity contribution in [3.05, 3.63) is 29.8 Å². The van der Waals surface area contributed by atoms with E-state index in [0.717, 1.165) is 19.3 Å². The first-order valence-electron chi connectivity index (χ1n) is 9.32. The molecule has 150 valence electrons. The highest BCUT2D eigenvalue weighted by Crippen LogP contribution is 2.11. The number of hydrogen-bond acceptors (Lipinski definition) is 5. The second kappa shape index (κ2) is 11.9. The van der Waals surface area contributed by atoms with Gasteiger partial charge in [0.05, 0.1) is 12.2 Å².